The third-order valence-electron chi connectivity index (χ3n) is 13.5. The number of para-hydroxylation sites is 3. The van der Waals surface area contributed by atoms with Crippen LogP contribution < -0.4 is 0 Å². The first-order valence-electron chi connectivity index (χ1n) is 23.2. The molecule has 0 aliphatic heterocycles. The molecule has 10 aromatic carbocycles. The highest BCUT2D eigenvalue weighted by atomic mass is 16.3. The van der Waals surface area contributed by atoms with Crippen molar-refractivity contribution in [3.63, 3.8) is 0 Å². The monoisotopic (exact) mass is 882 g/mol. The van der Waals surface area contributed by atoms with Crippen LogP contribution in [0.25, 0.3) is 139 Å². The predicted molar refractivity (Wildman–Crippen MR) is 281 cm³/mol. The Kier molecular flexibility index (Phi) is 8.79. The van der Waals surface area contributed by atoms with Crippen LogP contribution in [0.4, 0.5) is 0 Å². The number of rotatable bonds is 7. The number of fused-ring (bicyclic) bond motifs is 9. The van der Waals surface area contributed by atoms with Crippen molar-refractivity contribution >= 4 is 65.7 Å². The van der Waals surface area contributed by atoms with Crippen LogP contribution in [-0.4, -0.2) is 19.5 Å². The van der Waals surface area contributed by atoms with Crippen LogP contribution in [0.5, 0.6) is 0 Å². The molecule has 0 aliphatic carbocycles. The van der Waals surface area contributed by atoms with E-state index >= 15 is 0 Å². The van der Waals surface area contributed by atoms with E-state index in [9.17, 15) is 0 Å². The average molecular weight is 883 g/mol. The molecule has 4 heterocycles. The lowest BCUT2D eigenvalue weighted by atomic mass is 9.96. The SMILES string of the molecule is c1ccc(-c2ccc(-c3nc(-c4ccccc4)nc(-c4cc(-c5ccc(-n6c7ccccc7c7cc(-c8ccccc8)ccc76)c6c5oc5ccccc56)c5oc6ccccc6c5c4)n3)cc2)cc1. The zero-order valence-corrected chi connectivity index (χ0v) is 37.0. The fourth-order valence-electron chi connectivity index (χ4n) is 10.2. The predicted octanol–water partition coefficient (Wildman–Crippen LogP) is 16.8. The summed E-state index contributed by atoms with van der Waals surface area (Å²) in [6.07, 6.45) is 0. The number of benzene rings is 10. The highest BCUT2D eigenvalue weighted by molar-refractivity contribution is 6.19. The minimum Gasteiger partial charge on any atom is -0.455 e. The van der Waals surface area contributed by atoms with E-state index in [-0.39, 0.29) is 0 Å². The fourth-order valence-corrected chi connectivity index (χ4v) is 10.2. The van der Waals surface area contributed by atoms with E-state index in [1.807, 2.05) is 54.6 Å². The van der Waals surface area contributed by atoms with Crippen molar-refractivity contribution in [3.8, 4) is 73.2 Å². The van der Waals surface area contributed by atoms with Gasteiger partial charge in [-0.1, -0.05) is 176 Å². The fraction of sp³-hybridized carbons (Fsp3) is 0. The summed E-state index contributed by atoms with van der Waals surface area (Å²) in [6, 6.07) is 80.3. The van der Waals surface area contributed by atoms with Crippen LogP contribution in [0.1, 0.15) is 0 Å². The van der Waals surface area contributed by atoms with Crippen LogP contribution in [0.2, 0.25) is 0 Å². The average Bonchev–Trinajstić information content (AvgIpc) is 4.11. The van der Waals surface area contributed by atoms with E-state index in [2.05, 4.69) is 180 Å². The van der Waals surface area contributed by atoms with Gasteiger partial charge in [0.1, 0.15) is 22.3 Å². The Bertz CT molecular complexity index is 4290. The molecule has 6 heteroatoms. The Balaban J connectivity index is 1.01. The molecule has 0 amide bonds. The number of hydrogen-bond donors (Lipinski definition) is 0. The summed E-state index contributed by atoms with van der Waals surface area (Å²) in [6.45, 7) is 0. The van der Waals surface area contributed by atoms with Crippen molar-refractivity contribution in [1.29, 1.82) is 0 Å². The maximum absolute atomic E-state index is 7.05. The summed E-state index contributed by atoms with van der Waals surface area (Å²) < 4.78 is 16.3. The third-order valence-corrected chi connectivity index (χ3v) is 13.5. The van der Waals surface area contributed by atoms with Crippen LogP contribution in [0.3, 0.4) is 0 Å². The molecule has 0 saturated carbocycles. The molecular weight excluding hydrogens is 845 g/mol. The Hall–Kier alpha value is -9.39. The Labute approximate surface area is 396 Å². The first-order valence-corrected chi connectivity index (χ1v) is 23.2. The first kappa shape index (κ1) is 38.8. The molecule has 0 N–H and O–H groups in total. The normalized spacial score (nSPS) is 11.8. The molecule has 6 nitrogen and oxygen atoms in total. The summed E-state index contributed by atoms with van der Waals surface area (Å²) >= 11 is 0. The molecule has 322 valence electrons. The molecule has 0 saturated heterocycles. The lowest BCUT2D eigenvalue weighted by molar-refractivity contribution is 0.665. The standard InChI is InChI=1S/C63H38N4O2/c1-4-16-39(17-5-1)41-28-30-43(31-29-41)62-64-61(42-20-8-3-9-21-42)65-63(66-62)45-37-51-47-23-11-14-26-56(47)68-59(51)52(38-45)48-33-35-55(58-49-24-12-15-27-57(49)69-60(48)58)67-53-25-13-10-22-46(53)50-36-44(32-34-54(50)67)40-18-6-2-7-19-40/h1-38H. The first-order chi connectivity index (χ1) is 34.2. The van der Waals surface area contributed by atoms with E-state index in [1.54, 1.807) is 0 Å². The van der Waals surface area contributed by atoms with Crippen LogP contribution >= 0.6 is 0 Å². The zero-order chi connectivity index (χ0) is 45.4. The molecule has 0 fully saturated rings. The quantitative estimate of drug-likeness (QED) is 0.159. The second-order valence-electron chi connectivity index (χ2n) is 17.5. The summed E-state index contributed by atoms with van der Waals surface area (Å²) in [7, 11) is 0. The van der Waals surface area contributed by atoms with Gasteiger partial charge in [0, 0.05) is 54.7 Å². The van der Waals surface area contributed by atoms with Crippen molar-refractivity contribution in [2.45, 2.75) is 0 Å². The van der Waals surface area contributed by atoms with Gasteiger partial charge in [0.15, 0.2) is 17.5 Å². The second-order valence-corrected chi connectivity index (χ2v) is 17.5. The maximum atomic E-state index is 7.05. The number of aromatic nitrogens is 4. The smallest absolute Gasteiger partial charge is 0.164 e. The molecule has 0 aliphatic rings. The molecular formula is C63H38N4O2. The third kappa shape index (κ3) is 6.38. The van der Waals surface area contributed by atoms with Crippen LogP contribution in [0, 0.1) is 0 Å². The van der Waals surface area contributed by atoms with Crippen molar-refractivity contribution in [2.24, 2.45) is 0 Å². The summed E-state index contributed by atoms with van der Waals surface area (Å²) in [5, 5.41) is 6.38. The topological polar surface area (TPSA) is 69.9 Å². The largest absolute Gasteiger partial charge is 0.455 e. The zero-order valence-electron chi connectivity index (χ0n) is 37.0. The summed E-state index contributed by atoms with van der Waals surface area (Å²) in [5.41, 5.74) is 15.4. The molecule has 0 bridgehead atoms. The number of hydrogen-bond acceptors (Lipinski definition) is 5. The Morgan fingerprint density at radius 3 is 1.48 bits per heavy atom. The molecule has 0 atom stereocenters. The molecule has 0 spiro atoms. The van der Waals surface area contributed by atoms with E-state index < -0.39 is 0 Å². The second kappa shape index (κ2) is 15.6. The Morgan fingerprint density at radius 1 is 0.290 bits per heavy atom. The maximum Gasteiger partial charge on any atom is 0.164 e. The lowest BCUT2D eigenvalue weighted by Gasteiger charge is -2.14. The van der Waals surface area contributed by atoms with Gasteiger partial charge in [-0.2, -0.15) is 0 Å². The minimum absolute atomic E-state index is 0.553. The summed E-state index contributed by atoms with van der Waals surface area (Å²) in [5.74, 6) is 1.73. The molecule has 4 aromatic heterocycles. The molecule has 69 heavy (non-hydrogen) atoms. The highest BCUT2D eigenvalue weighted by Gasteiger charge is 2.25. The lowest BCUT2D eigenvalue weighted by Crippen LogP contribution is -2.00. The van der Waals surface area contributed by atoms with E-state index in [4.69, 9.17) is 23.8 Å². The van der Waals surface area contributed by atoms with Crippen molar-refractivity contribution in [3.05, 3.63) is 231 Å². The van der Waals surface area contributed by atoms with E-state index in [0.29, 0.717) is 17.5 Å². The van der Waals surface area contributed by atoms with Crippen molar-refractivity contribution in [2.75, 3.05) is 0 Å². The van der Waals surface area contributed by atoms with Gasteiger partial charge in [-0.15, -0.1) is 0 Å². The van der Waals surface area contributed by atoms with Gasteiger partial charge in [0.2, 0.25) is 0 Å². The highest BCUT2D eigenvalue weighted by Crippen LogP contribution is 2.46. The number of furan rings is 2. The number of nitrogens with zero attached hydrogens (tertiary/aromatic N) is 4. The summed E-state index contributed by atoms with van der Waals surface area (Å²) in [4.78, 5) is 15.6. The molecule has 14 aromatic rings. The molecule has 0 radical (unpaired) electrons. The van der Waals surface area contributed by atoms with Crippen molar-refractivity contribution < 1.29 is 8.83 Å². The van der Waals surface area contributed by atoms with Gasteiger partial charge in [0.05, 0.1) is 22.1 Å². The minimum atomic E-state index is 0.553. The van der Waals surface area contributed by atoms with E-state index in [1.165, 1.54) is 21.9 Å². The van der Waals surface area contributed by atoms with E-state index in [0.717, 1.165) is 99.5 Å². The van der Waals surface area contributed by atoms with Gasteiger partial charge < -0.3 is 13.4 Å². The van der Waals surface area contributed by atoms with Gasteiger partial charge in [-0.3, -0.25) is 0 Å². The van der Waals surface area contributed by atoms with Crippen LogP contribution in [0.15, 0.2) is 239 Å². The van der Waals surface area contributed by atoms with Gasteiger partial charge in [-0.05, 0) is 76.9 Å². The van der Waals surface area contributed by atoms with Gasteiger partial charge in [-0.25, -0.2) is 15.0 Å². The van der Waals surface area contributed by atoms with Crippen LogP contribution in [-0.2, 0) is 0 Å². The van der Waals surface area contributed by atoms with Gasteiger partial charge >= 0.3 is 0 Å². The van der Waals surface area contributed by atoms with Gasteiger partial charge in [0.25, 0.3) is 0 Å². The Morgan fingerprint density at radius 2 is 0.768 bits per heavy atom. The molecule has 14 rings (SSSR count). The van der Waals surface area contributed by atoms with Crippen molar-refractivity contribution in [1.82, 2.24) is 19.5 Å². The molecule has 0 unspecified atom stereocenters.